The van der Waals surface area contributed by atoms with Crippen LogP contribution in [-0.2, 0) is 5.41 Å². The highest BCUT2D eigenvalue weighted by atomic mass is 32.1. The molecule has 0 spiro atoms. The summed E-state index contributed by atoms with van der Waals surface area (Å²) in [4.78, 5) is 0. The lowest BCUT2D eigenvalue weighted by atomic mass is 9.82. The topological polar surface area (TPSA) is 9.86 Å². The molecule has 0 amide bonds. The normalized spacial score (nSPS) is 14.5. The van der Waals surface area contributed by atoms with Crippen molar-refractivity contribution in [2.75, 3.05) is 0 Å². The largest absolute Gasteiger partial charge is 0.309 e. The first kappa shape index (κ1) is 29.1. The molecule has 60 heavy (non-hydrogen) atoms. The number of aromatic nitrogens is 2. The Morgan fingerprint density at radius 3 is 1.82 bits per heavy atom. The molecular formula is C57H38N2S. The average molecular weight is 788 g/mol. The summed E-state index contributed by atoms with van der Waals surface area (Å²) in [6.45, 7) is 4.42. The Balaban J connectivity index is 0.953. The number of thiophene rings is 1. The number of fused-ring (bicyclic) bond motifs is 12. The predicted octanol–water partition coefficient (Wildman–Crippen LogP) is 15.9. The molecule has 1 aliphatic carbocycles. The van der Waals surface area contributed by atoms with Crippen LogP contribution >= 0.6 is 11.3 Å². The number of hydrogen-bond donors (Lipinski definition) is 0. The Bertz CT molecular complexity index is 4030. The molecule has 0 unspecified atom stereocenters. The maximum Gasteiger partial charge on any atom is 0.0640 e. The molecule has 0 fully saturated rings. The van der Waals surface area contributed by atoms with Gasteiger partial charge < -0.3 is 9.13 Å². The second kappa shape index (κ2) is 12.4. The van der Waals surface area contributed by atoms with E-state index < -0.39 is 5.41 Å². The van der Waals surface area contributed by atoms with Gasteiger partial charge in [0.25, 0.3) is 0 Å². The minimum atomic E-state index is -0.415. The standard InChI is InChI=1S/C57H38N2S/c1-57(2)47-21-12-19-39(35-14-4-3-5-15-35)55(47)44-29-28-38(34-48(44)57)58-49-22-9-6-16-40(49)45-32-36(26-30-51(45)58)37-27-31-52-46(33-37)41-17-7-10-23-50(41)59(52)53-24-13-20-43-42-18-8-11-25-54(42)60-56(43)53/h3-34H,1-2H3/i3D,4D,5D,14D,15D. The van der Waals surface area contributed by atoms with Gasteiger partial charge in [0.05, 0.1) is 39.3 Å². The first-order valence-electron chi connectivity index (χ1n) is 22.9. The molecule has 0 atom stereocenters. The van der Waals surface area contributed by atoms with Gasteiger partial charge in [0.2, 0.25) is 0 Å². The molecule has 0 aliphatic heterocycles. The van der Waals surface area contributed by atoms with Crippen molar-refractivity contribution in [2.24, 2.45) is 0 Å². The second-order valence-electron chi connectivity index (χ2n) is 16.5. The molecule has 0 N–H and O–H groups in total. The SMILES string of the molecule is [2H]c1c([2H])c([2H])c(-c2cccc3c2-c2ccc(-n4c5ccccc5c5cc(-c6ccc7c(c6)c6ccccc6n7-c6cccc7c6sc6ccccc67)ccc54)cc2C3(C)C)c([2H])c1[2H]. The van der Waals surface area contributed by atoms with Crippen molar-refractivity contribution in [1.29, 1.82) is 0 Å². The summed E-state index contributed by atoms with van der Waals surface area (Å²) in [6, 6.07) is 57.6. The van der Waals surface area contributed by atoms with Gasteiger partial charge in [-0.3, -0.25) is 0 Å². The van der Waals surface area contributed by atoms with Crippen LogP contribution in [0.4, 0.5) is 0 Å². The highest BCUT2D eigenvalue weighted by Crippen LogP contribution is 2.53. The van der Waals surface area contributed by atoms with E-state index in [2.05, 4.69) is 175 Å². The lowest BCUT2D eigenvalue weighted by Crippen LogP contribution is -2.15. The summed E-state index contributed by atoms with van der Waals surface area (Å²) in [6.07, 6.45) is 0. The summed E-state index contributed by atoms with van der Waals surface area (Å²) in [5, 5.41) is 7.36. The molecule has 3 aromatic heterocycles. The van der Waals surface area contributed by atoms with Gasteiger partial charge in [0.1, 0.15) is 0 Å². The summed E-state index contributed by atoms with van der Waals surface area (Å²) >= 11 is 1.86. The third-order valence-electron chi connectivity index (χ3n) is 13.0. The monoisotopic (exact) mass is 787 g/mol. The van der Waals surface area contributed by atoms with E-state index >= 15 is 0 Å². The minimum absolute atomic E-state index is 0.190. The third kappa shape index (κ3) is 4.64. The van der Waals surface area contributed by atoms with Crippen LogP contribution < -0.4 is 0 Å². The molecule has 0 bridgehead atoms. The molecule has 1 aliphatic rings. The lowest BCUT2D eigenvalue weighted by Gasteiger charge is -2.22. The van der Waals surface area contributed by atoms with E-state index in [1.165, 1.54) is 58.4 Å². The van der Waals surface area contributed by atoms with Crippen molar-refractivity contribution in [3.8, 4) is 44.8 Å². The maximum atomic E-state index is 8.84. The number of rotatable bonds is 4. The van der Waals surface area contributed by atoms with Crippen LogP contribution in [0.1, 0.15) is 31.8 Å². The molecule has 0 saturated carbocycles. The number of para-hydroxylation sites is 2. The molecule has 3 heteroatoms. The molecular weight excluding hydrogens is 745 g/mol. The van der Waals surface area contributed by atoms with E-state index in [4.69, 9.17) is 6.85 Å². The molecule has 3 heterocycles. The Morgan fingerprint density at radius 1 is 0.450 bits per heavy atom. The van der Waals surface area contributed by atoms with Gasteiger partial charge in [-0.05, 0) is 105 Å². The number of nitrogens with zero attached hydrogens (tertiary/aromatic N) is 2. The Morgan fingerprint density at radius 2 is 1.07 bits per heavy atom. The fourth-order valence-corrected chi connectivity index (χ4v) is 11.5. The minimum Gasteiger partial charge on any atom is -0.309 e. The quantitative estimate of drug-likeness (QED) is 0.168. The molecule has 12 aromatic rings. The molecule has 9 aromatic carbocycles. The van der Waals surface area contributed by atoms with E-state index in [0.29, 0.717) is 5.56 Å². The Labute approximate surface area is 358 Å². The van der Waals surface area contributed by atoms with Gasteiger partial charge in [0.15, 0.2) is 0 Å². The summed E-state index contributed by atoms with van der Waals surface area (Å²) in [5.41, 5.74) is 13.7. The van der Waals surface area contributed by atoms with Gasteiger partial charge in [-0.2, -0.15) is 0 Å². The molecule has 13 rings (SSSR count). The Hall–Kier alpha value is -7.20. The van der Waals surface area contributed by atoms with Gasteiger partial charge >= 0.3 is 0 Å². The summed E-state index contributed by atoms with van der Waals surface area (Å²) in [5.74, 6) is 0. The van der Waals surface area contributed by atoms with E-state index in [9.17, 15) is 0 Å². The smallest absolute Gasteiger partial charge is 0.0640 e. The average Bonchev–Trinajstić information content (AvgIpc) is 4.05. The zero-order valence-corrected chi connectivity index (χ0v) is 33.7. The lowest BCUT2D eigenvalue weighted by molar-refractivity contribution is 0.660. The van der Waals surface area contributed by atoms with Gasteiger partial charge in [-0.15, -0.1) is 11.3 Å². The molecule has 0 radical (unpaired) electrons. The van der Waals surface area contributed by atoms with Crippen molar-refractivity contribution in [1.82, 2.24) is 9.13 Å². The van der Waals surface area contributed by atoms with Crippen molar-refractivity contribution in [3.05, 3.63) is 205 Å². The zero-order valence-electron chi connectivity index (χ0n) is 37.9. The molecule has 2 nitrogen and oxygen atoms in total. The molecule has 0 saturated heterocycles. The van der Waals surface area contributed by atoms with Crippen LogP contribution in [0.5, 0.6) is 0 Å². The molecule has 282 valence electrons. The third-order valence-corrected chi connectivity index (χ3v) is 14.2. The highest BCUT2D eigenvalue weighted by molar-refractivity contribution is 7.26. The van der Waals surface area contributed by atoms with Gasteiger partial charge in [0, 0.05) is 48.1 Å². The van der Waals surface area contributed by atoms with Crippen LogP contribution in [0, 0.1) is 0 Å². The zero-order chi connectivity index (χ0) is 44.0. The van der Waals surface area contributed by atoms with E-state index in [0.717, 1.165) is 50.1 Å². The first-order chi connectivity index (χ1) is 31.6. The van der Waals surface area contributed by atoms with Crippen LogP contribution in [0.2, 0.25) is 0 Å². The van der Waals surface area contributed by atoms with Crippen LogP contribution in [0.25, 0.3) is 109 Å². The fraction of sp³-hybridized carbons (Fsp3) is 0.0526. The van der Waals surface area contributed by atoms with Crippen LogP contribution in [-0.4, -0.2) is 9.13 Å². The Kier molecular flexibility index (Phi) is 6.01. The second-order valence-corrected chi connectivity index (χ2v) is 17.6. The maximum absolute atomic E-state index is 8.84. The van der Waals surface area contributed by atoms with E-state index in [-0.39, 0.29) is 35.8 Å². The van der Waals surface area contributed by atoms with Crippen molar-refractivity contribution in [3.63, 3.8) is 0 Å². The van der Waals surface area contributed by atoms with E-state index in [1.807, 2.05) is 23.5 Å². The van der Waals surface area contributed by atoms with Crippen LogP contribution in [0.3, 0.4) is 0 Å². The first-order valence-corrected chi connectivity index (χ1v) is 21.3. The highest BCUT2D eigenvalue weighted by Gasteiger charge is 2.37. The van der Waals surface area contributed by atoms with Crippen molar-refractivity contribution < 1.29 is 6.85 Å². The predicted molar refractivity (Wildman–Crippen MR) is 256 cm³/mol. The fourth-order valence-electron chi connectivity index (χ4n) is 10.3. The number of hydrogen-bond acceptors (Lipinski definition) is 1. The van der Waals surface area contributed by atoms with Gasteiger partial charge in [-0.25, -0.2) is 0 Å². The summed E-state index contributed by atoms with van der Waals surface area (Å²) < 4.78 is 50.1. The van der Waals surface area contributed by atoms with Crippen molar-refractivity contribution in [2.45, 2.75) is 19.3 Å². The number of benzene rings is 9. The van der Waals surface area contributed by atoms with Gasteiger partial charge in [-0.1, -0.05) is 147 Å². The van der Waals surface area contributed by atoms with E-state index in [1.54, 1.807) is 0 Å². The van der Waals surface area contributed by atoms with Crippen LogP contribution in [0.15, 0.2) is 194 Å². The summed E-state index contributed by atoms with van der Waals surface area (Å²) in [7, 11) is 0. The van der Waals surface area contributed by atoms with Crippen molar-refractivity contribution >= 4 is 75.1 Å².